The van der Waals surface area contributed by atoms with Crippen LogP contribution in [0, 0.1) is 0 Å². The molecule has 0 aromatic rings. The molecule has 0 saturated carbocycles. The lowest BCUT2D eigenvalue weighted by Gasteiger charge is -2.08. The molecule has 0 aliphatic carbocycles. The highest BCUT2D eigenvalue weighted by Crippen LogP contribution is 2.19. The van der Waals surface area contributed by atoms with Crippen molar-refractivity contribution in [2.75, 3.05) is 0 Å². The van der Waals surface area contributed by atoms with Gasteiger partial charge >= 0.3 is 0 Å². The molecule has 0 aromatic heterocycles. The van der Waals surface area contributed by atoms with Crippen LogP contribution < -0.4 is 0 Å². The van der Waals surface area contributed by atoms with E-state index in [2.05, 4.69) is 27.7 Å². The molecule has 0 radical (unpaired) electrons. The molecule has 0 aliphatic heterocycles. The van der Waals surface area contributed by atoms with Crippen molar-refractivity contribution in [3.63, 3.8) is 0 Å². The minimum atomic E-state index is 1.26. The molecule has 0 heterocycles. The summed E-state index contributed by atoms with van der Waals surface area (Å²) in [5.74, 6) is 0. The predicted octanol–water partition coefficient (Wildman–Crippen LogP) is 4.70. The second kappa shape index (κ2) is 7.39. The van der Waals surface area contributed by atoms with Crippen LogP contribution in [0.4, 0.5) is 0 Å². The van der Waals surface area contributed by atoms with Crippen LogP contribution in [-0.2, 0) is 0 Å². The Morgan fingerprint density at radius 1 is 0.917 bits per heavy atom. The summed E-state index contributed by atoms with van der Waals surface area (Å²) >= 11 is 0. The quantitative estimate of drug-likeness (QED) is 0.504. The lowest BCUT2D eigenvalue weighted by Crippen LogP contribution is -1.88. The zero-order valence-corrected chi connectivity index (χ0v) is 9.24. The molecule has 0 aromatic carbocycles. The van der Waals surface area contributed by atoms with Crippen LogP contribution >= 0.6 is 0 Å². The normalized spacial score (nSPS) is 13.0. The fraction of sp³-hybridized carbons (Fsp3) is 0.833. The van der Waals surface area contributed by atoms with Gasteiger partial charge in [0.25, 0.3) is 0 Å². The summed E-state index contributed by atoms with van der Waals surface area (Å²) in [4.78, 5) is 0. The number of allylic oxidation sites excluding steroid dienone is 2. The van der Waals surface area contributed by atoms with Gasteiger partial charge in [-0.25, -0.2) is 0 Å². The van der Waals surface area contributed by atoms with Crippen molar-refractivity contribution in [2.24, 2.45) is 0 Å². The molecule has 0 fully saturated rings. The maximum absolute atomic E-state index is 2.30. The molecule has 72 valence electrons. The third-order valence-corrected chi connectivity index (χ3v) is 2.49. The van der Waals surface area contributed by atoms with Gasteiger partial charge in [0.1, 0.15) is 0 Å². The Bertz CT molecular complexity index is 131. The summed E-state index contributed by atoms with van der Waals surface area (Å²) < 4.78 is 0. The average molecular weight is 168 g/mol. The first-order chi connectivity index (χ1) is 5.76. The van der Waals surface area contributed by atoms with Crippen molar-refractivity contribution >= 4 is 0 Å². The maximum Gasteiger partial charge on any atom is -0.0318 e. The lowest BCUT2D eigenvalue weighted by atomic mass is 9.98. The van der Waals surface area contributed by atoms with Crippen molar-refractivity contribution in [2.45, 2.75) is 66.2 Å². The minimum absolute atomic E-state index is 1.26. The van der Waals surface area contributed by atoms with Crippen molar-refractivity contribution < 1.29 is 0 Å². The summed E-state index contributed by atoms with van der Waals surface area (Å²) in [6.07, 6.45) is 7.87. The number of hydrogen-bond acceptors (Lipinski definition) is 0. The van der Waals surface area contributed by atoms with Gasteiger partial charge in [0.15, 0.2) is 0 Å². The highest BCUT2D eigenvalue weighted by atomic mass is 14.0. The topological polar surface area (TPSA) is 0 Å². The summed E-state index contributed by atoms with van der Waals surface area (Å²) in [7, 11) is 0. The van der Waals surface area contributed by atoms with E-state index in [1.807, 2.05) is 0 Å². The molecular formula is C12H24. The van der Waals surface area contributed by atoms with E-state index < -0.39 is 0 Å². The van der Waals surface area contributed by atoms with Gasteiger partial charge < -0.3 is 0 Å². The van der Waals surface area contributed by atoms with Gasteiger partial charge in [-0.15, -0.1) is 0 Å². The molecule has 0 heteroatoms. The summed E-state index contributed by atoms with van der Waals surface area (Å²) in [5.41, 5.74) is 3.35. The summed E-state index contributed by atoms with van der Waals surface area (Å²) in [5, 5.41) is 0. The van der Waals surface area contributed by atoms with E-state index in [1.165, 1.54) is 38.5 Å². The van der Waals surface area contributed by atoms with Gasteiger partial charge in [0.05, 0.1) is 0 Å². The molecule has 0 rings (SSSR count). The standard InChI is InChI=1S/C12H24/c1-5-8-10-12(7-3)11(4)9-6-2/h5-10H2,1-4H3. The maximum atomic E-state index is 2.30. The SMILES string of the molecule is CCCCC(CC)=C(C)CCC. The number of unbranched alkanes of at least 4 members (excludes halogenated alkanes) is 1. The van der Waals surface area contributed by atoms with E-state index in [-0.39, 0.29) is 0 Å². The molecule has 0 amide bonds. The van der Waals surface area contributed by atoms with Crippen molar-refractivity contribution in [3.8, 4) is 0 Å². The monoisotopic (exact) mass is 168 g/mol. The second-order valence-electron chi connectivity index (χ2n) is 3.59. The van der Waals surface area contributed by atoms with E-state index in [1.54, 1.807) is 11.1 Å². The number of rotatable bonds is 6. The molecule has 0 nitrogen and oxygen atoms in total. The Hall–Kier alpha value is -0.260. The first-order valence-electron chi connectivity index (χ1n) is 5.43. The molecule has 0 atom stereocenters. The van der Waals surface area contributed by atoms with Crippen molar-refractivity contribution in [3.05, 3.63) is 11.1 Å². The van der Waals surface area contributed by atoms with Crippen molar-refractivity contribution in [1.82, 2.24) is 0 Å². The third-order valence-electron chi connectivity index (χ3n) is 2.49. The molecule has 0 spiro atoms. The Kier molecular flexibility index (Phi) is 7.23. The molecular weight excluding hydrogens is 144 g/mol. The fourth-order valence-electron chi connectivity index (χ4n) is 1.63. The predicted molar refractivity (Wildman–Crippen MR) is 57.4 cm³/mol. The molecule has 0 N–H and O–H groups in total. The average Bonchev–Trinajstić information content (AvgIpc) is 2.06. The zero-order chi connectivity index (χ0) is 9.40. The molecule has 0 saturated heterocycles. The second-order valence-corrected chi connectivity index (χ2v) is 3.59. The number of hydrogen-bond donors (Lipinski definition) is 0. The van der Waals surface area contributed by atoms with Gasteiger partial charge in [-0.2, -0.15) is 0 Å². The smallest absolute Gasteiger partial charge is 0.0318 e. The van der Waals surface area contributed by atoms with E-state index >= 15 is 0 Å². The van der Waals surface area contributed by atoms with Crippen LogP contribution in [-0.4, -0.2) is 0 Å². The van der Waals surface area contributed by atoms with Gasteiger partial charge in [-0.05, 0) is 32.6 Å². The molecule has 0 unspecified atom stereocenters. The first-order valence-corrected chi connectivity index (χ1v) is 5.43. The molecule has 12 heavy (non-hydrogen) atoms. The van der Waals surface area contributed by atoms with Crippen LogP contribution in [0.5, 0.6) is 0 Å². The van der Waals surface area contributed by atoms with Crippen LogP contribution in [0.15, 0.2) is 11.1 Å². The Labute approximate surface area is 78.1 Å². The highest BCUT2D eigenvalue weighted by molar-refractivity contribution is 5.11. The molecule has 0 bridgehead atoms. The van der Waals surface area contributed by atoms with Crippen LogP contribution in [0.1, 0.15) is 66.2 Å². The largest absolute Gasteiger partial charge is 0.0741 e. The van der Waals surface area contributed by atoms with Crippen molar-refractivity contribution in [1.29, 1.82) is 0 Å². The van der Waals surface area contributed by atoms with Crippen LogP contribution in [0.2, 0.25) is 0 Å². The van der Waals surface area contributed by atoms with Crippen LogP contribution in [0.25, 0.3) is 0 Å². The van der Waals surface area contributed by atoms with E-state index in [4.69, 9.17) is 0 Å². The molecule has 0 aliphatic rings. The third kappa shape index (κ3) is 4.58. The summed E-state index contributed by atoms with van der Waals surface area (Å²) in [6, 6.07) is 0. The van der Waals surface area contributed by atoms with Gasteiger partial charge in [0, 0.05) is 0 Å². The van der Waals surface area contributed by atoms with Gasteiger partial charge in [0.2, 0.25) is 0 Å². The van der Waals surface area contributed by atoms with E-state index in [0.717, 1.165) is 0 Å². The van der Waals surface area contributed by atoms with E-state index in [0.29, 0.717) is 0 Å². The highest BCUT2D eigenvalue weighted by Gasteiger charge is 1.98. The fourth-order valence-corrected chi connectivity index (χ4v) is 1.63. The van der Waals surface area contributed by atoms with Gasteiger partial charge in [-0.3, -0.25) is 0 Å². The van der Waals surface area contributed by atoms with Gasteiger partial charge in [-0.1, -0.05) is 44.8 Å². The zero-order valence-electron chi connectivity index (χ0n) is 9.24. The summed E-state index contributed by atoms with van der Waals surface area (Å²) in [6.45, 7) is 9.11. The van der Waals surface area contributed by atoms with Crippen LogP contribution in [0.3, 0.4) is 0 Å². The van der Waals surface area contributed by atoms with E-state index in [9.17, 15) is 0 Å². The lowest BCUT2D eigenvalue weighted by molar-refractivity contribution is 0.744. The Balaban J connectivity index is 3.98. The minimum Gasteiger partial charge on any atom is -0.0741 e. The first kappa shape index (κ1) is 11.7. The Morgan fingerprint density at radius 3 is 2.00 bits per heavy atom. The Morgan fingerprint density at radius 2 is 1.58 bits per heavy atom.